The van der Waals surface area contributed by atoms with Gasteiger partial charge >= 0.3 is 0 Å². The van der Waals surface area contributed by atoms with Crippen molar-refractivity contribution in [3.05, 3.63) is 0 Å². The molecule has 1 saturated carbocycles. The topological polar surface area (TPSA) is 15.3 Å². The normalized spacial score (nSPS) is 20.7. The maximum atomic E-state index is 3.73. The third-order valence-corrected chi connectivity index (χ3v) is 5.24. The SMILES string of the molecule is CCCNCC1(CN(C)C(C)CC(C)C)CCCCCC1. The zero-order chi connectivity index (χ0) is 15.7. The fraction of sp³-hybridized carbons (Fsp3) is 1.00. The number of hydrogen-bond acceptors (Lipinski definition) is 2. The molecule has 21 heavy (non-hydrogen) atoms. The van der Waals surface area contributed by atoms with E-state index in [1.807, 2.05) is 0 Å². The largest absolute Gasteiger partial charge is 0.316 e. The molecule has 2 heteroatoms. The van der Waals surface area contributed by atoms with Crippen molar-refractivity contribution in [2.24, 2.45) is 11.3 Å². The Morgan fingerprint density at radius 3 is 2.19 bits per heavy atom. The highest BCUT2D eigenvalue weighted by molar-refractivity contribution is 4.87. The molecule has 0 saturated heterocycles. The third-order valence-electron chi connectivity index (χ3n) is 5.24. The van der Waals surface area contributed by atoms with Crippen molar-refractivity contribution in [3.8, 4) is 0 Å². The maximum absolute atomic E-state index is 3.73. The molecule has 126 valence electrons. The fourth-order valence-corrected chi connectivity index (χ4v) is 3.95. The Bertz CT molecular complexity index is 254. The number of rotatable bonds is 9. The van der Waals surface area contributed by atoms with Crippen molar-refractivity contribution >= 4 is 0 Å². The molecule has 0 aromatic heterocycles. The van der Waals surface area contributed by atoms with Gasteiger partial charge in [-0.05, 0) is 57.5 Å². The van der Waals surface area contributed by atoms with Crippen LogP contribution in [0, 0.1) is 11.3 Å². The quantitative estimate of drug-likeness (QED) is 0.490. The Kier molecular flexibility index (Phi) is 8.89. The van der Waals surface area contributed by atoms with Crippen molar-refractivity contribution in [2.75, 3.05) is 26.7 Å². The van der Waals surface area contributed by atoms with E-state index >= 15 is 0 Å². The van der Waals surface area contributed by atoms with Gasteiger partial charge in [0.1, 0.15) is 0 Å². The van der Waals surface area contributed by atoms with E-state index in [1.165, 1.54) is 71.0 Å². The minimum Gasteiger partial charge on any atom is -0.316 e. The summed E-state index contributed by atoms with van der Waals surface area (Å²) in [6.45, 7) is 13.0. The third kappa shape index (κ3) is 7.15. The Balaban J connectivity index is 2.61. The van der Waals surface area contributed by atoms with Crippen LogP contribution in [0.3, 0.4) is 0 Å². The van der Waals surface area contributed by atoms with Gasteiger partial charge in [0.2, 0.25) is 0 Å². The average Bonchev–Trinajstić information content (AvgIpc) is 2.64. The number of hydrogen-bond donors (Lipinski definition) is 1. The highest BCUT2D eigenvalue weighted by Gasteiger charge is 2.32. The van der Waals surface area contributed by atoms with Gasteiger partial charge in [-0.25, -0.2) is 0 Å². The summed E-state index contributed by atoms with van der Waals surface area (Å²) in [5, 5.41) is 3.73. The fourth-order valence-electron chi connectivity index (χ4n) is 3.95. The Hall–Kier alpha value is -0.0800. The first-order valence-electron chi connectivity index (χ1n) is 9.40. The maximum Gasteiger partial charge on any atom is 0.00665 e. The van der Waals surface area contributed by atoms with E-state index in [1.54, 1.807) is 0 Å². The molecule has 0 spiro atoms. The number of nitrogens with one attached hydrogen (secondary N) is 1. The van der Waals surface area contributed by atoms with Crippen LogP contribution in [-0.4, -0.2) is 37.6 Å². The summed E-state index contributed by atoms with van der Waals surface area (Å²) in [6, 6.07) is 0.705. The first kappa shape index (κ1) is 19.0. The average molecular weight is 297 g/mol. The lowest BCUT2D eigenvalue weighted by atomic mass is 9.79. The molecule has 1 atom stereocenters. The van der Waals surface area contributed by atoms with Crippen LogP contribution in [0.1, 0.15) is 79.1 Å². The molecule has 1 aliphatic carbocycles. The first-order valence-corrected chi connectivity index (χ1v) is 9.40. The molecule has 1 rings (SSSR count). The summed E-state index contributed by atoms with van der Waals surface area (Å²) in [6.07, 6.45) is 11.2. The second kappa shape index (κ2) is 9.84. The molecule has 0 aromatic carbocycles. The molecule has 2 nitrogen and oxygen atoms in total. The van der Waals surface area contributed by atoms with Gasteiger partial charge in [-0.2, -0.15) is 0 Å². The molecular weight excluding hydrogens is 256 g/mol. The van der Waals surface area contributed by atoms with Crippen LogP contribution in [0.15, 0.2) is 0 Å². The Labute approximate surface area is 134 Å². The predicted molar refractivity (Wildman–Crippen MR) is 94.8 cm³/mol. The van der Waals surface area contributed by atoms with Crippen molar-refractivity contribution in [1.29, 1.82) is 0 Å². The van der Waals surface area contributed by atoms with Crippen molar-refractivity contribution < 1.29 is 0 Å². The first-order chi connectivity index (χ1) is 9.99. The zero-order valence-corrected chi connectivity index (χ0v) is 15.4. The van der Waals surface area contributed by atoms with E-state index in [9.17, 15) is 0 Å². The van der Waals surface area contributed by atoms with Gasteiger partial charge in [-0.1, -0.05) is 46.5 Å². The van der Waals surface area contributed by atoms with Crippen LogP contribution >= 0.6 is 0 Å². The monoisotopic (exact) mass is 296 g/mol. The van der Waals surface area contributed by atoms with Crippen molar-refractivity contribution in [3.63, 3.8) is 0 Å². The molecule has 1 unspecified atom stereocenters. The molecule has 0 amide bonds. The second-order valence-electron chi connectivity index (χ2n) is 7.98. The summed E-state index contributed by atoms with van der Waals surface area (Å²) in [5.41, 5.74) is 0.520. The summed E-state index contributed by atoms with van der Waals surface area (Å²) >= 11 is 0. The molecule has 0 heterocycles. The van der Waals surface area contributed by atoms with Gasteiger partial charge in [0.15, 0.2) is 0 Å². The molecule has 1 N–H and O–H groups in total. The van der Waals surface area contributed by atoms with E-state index in [0.29, 0.717) is 11.5 Å². The Morgan fingerprint density at radius 1 is 1.05 bits per heavy atom. The summed E-state index contributed by atoms with van der Waals surface area (Å²) < 4.78 is 0. The number of nitrogens with zero attached hydrogens (tertiary/aromatic N) is 1. The van der Waals surface area contributed by atoms with Gasteiger partial charge in [0.25, 0.3) is 0 Å². The van der Waals surface area contributed by atoms with E-state index in [0.717, 1.165) is 5.92 Å². The van der Waals surface area contributed by atoms with E-state index in [-0.39, 0.29) is 0 Å². The van der Waals surface area contributed by atoms with Crippen LogP contribution in [0.4, 0.5) is 0 Å². The van der Waals surface area contributed by atoms with Crippen LogP contribution in [0.25, 0.3) is 0 Å². The molecule has 1 fully saturated rings. The van der Waals surface area contributed by atoms with Crippen LogP contribution in [0.2, 0.25) is 0 Å². The van der Waals surface area contributed by atoms with Crippen LogP contribution in [-0.2, 0) is 0 Å². The molecule has 0 bridgehead atoms. The van der Waals surface area contributed by atoms with Gasteiger partial charge < -0.3 is 10.2 Å². The predicted octanol–water partition coefficient (Wildman–Crippen LogP) is 4.69. The summed E-state index contributed by atoms with van der Waals surface area (Å²) in [7, 11) is 2.35. The molecule has 0 aliphatic heterocycles. The highest BCUT2D eigenvalue weighted by Crippen LogP contribution is 2.36. The molecule has 0 radical (unpaired) electrons. The molecule has 0 aromatic rings. The lowest BCUT2D eigenvalue weighted by Gasteiger charge is -2.39. The Morgan fingerprint density at radius 2 is 1.67 bits per heavy atom. The van der Waals surface area contributed by atoms with Gasteiger partial charge in [0.05, 0.1) is 0 Å². The molecular formula is C19H40N2. The van der Waals surface area contributed by atoms with E-state index in [2.05, 4.69) is 45.0 Å². The van der Waals surface area contributed by atoms with Crippen molar-refractivity contribution in [1.82, 2.24) is 10.2 Å². The summed E-state index contributed by atoms with van der Waals surface area (Å²) in [4.78, 5) is 2.64. The van der Waals surface area contributed by atoms with Crippen molar-refractivity contribution in [2.45, 2.75) is 85.1 Å². The minimum absolute atomic E-state index is 0.520. The lowest BCUT2D eigenvalue weighted by molar-refractivity contribution is 0.112. The van der Waals surface area contributed by atoms with E-state index in [4.69, 9.17) is 0 Å². The molecule has 1 aliphatic rings. The van der Waals surface area contributed by atoms with Gasteiger partial charge in [-0.15, -0.1) is 0 Å². The zero-order valence-electron chi connectivity index (χ0n) is 15.4. The van der Waals surface area contributed by atoms with Crippen LogP contribution in [0.5, 0.6) is 0 Å². The second-order valence-corrected chi connectivity index (χ2v) is 7.98. The summed E-state index contributed by atoms with van der Waals surface area (Å²) in [5.74, 6) is 0.797. The van der Waals surface area contributed by atoms with Gasteiger partial charge in [0, 0.05) is 19.1 Å². The lowest BCUT2D eigenvalue weighted by Crippen LogP contribution is -2.45. The van der Waals surface area contributed by atoms with Crippen LogP contribution < -0.4 is 5.32 Å². The highest BCUT2D eigenvalue weighted by atomic mass is 15.1. The van der Waals surface area contributed by atoms with E-state index < -0.39 is 0 Å². The van der Waals surface area contributed by atoms with Gasteiger partial charge in [-0.3, -0.25) is 0 Å². The minimum atomic E-state index is 0.520. The smallest absolute Gasteiger partial charge is 0.00665 e. The standard InChI is InChI=1S/C19H40N2/c1-6-13-20-15-19(11-9-7-8-10-12-19)16-21(5)18(4)14-17(2)3/h17-18,20H,6-16H2,1-5H3.